The Bertz CT molecular complexity index is 885. The van der Waals surface area contributed by atoms with E-state index < -0.39 is 28.3 Å². The zero-order valence-corrected chi connectivity index (χ0v) is 16.8. The molecule has 152 valence electrons. The average molecular weight is 408 g/mol. The van der Waals surface area contributed by atoms with Crippen molar-refractivity contribution in [3.8, 4) is 0 Å². The largest absolute Gasteiger partial charge is 0.382 e. The molecular weight excluding hydrogens is 383 g/mol. The van der Waals surface area contributed by atoms with Crippen LogP contribution in [0.25, 0.3) is 0 Å². The maximum atomic E-state index is 14.3. The minimum atomic E-state index is -4.12. The molecule has 0 atom stereocenters. The Kier molecular flexibility index (Phi) is 7.95. The van der Waals surface area contributed by atoms with Crippen LogP contribution in [0.4, 0.5) is 10.1 Å². The number of carbonyl (C=O) groups is 1. The van der Waals surface area contributed by atoms with Crippen molar-refractivity contribution in [1.29, 1.82) is 0 Å². The number of ether oxygens (including phenoxy) is 1. The summed E-state index contributed by atoms with van der Waals surface area (Å²) in [4.78, 5) is 12.3. The van der Waals surface area contributed by atoms with Crippen LogP contribution in [0.3, 0.4) is 0 Å². The fraction of sp³-hybridized carbons (Fsp3) is 0.350. The normalized spacial score (nSPS) is 11.2. The molecule has 2 rings (SSSR count). The number of hydrogen-bond donors (Lipinski definition) is 1. The van der Waals surface area contributed by atoms with E-state index >= 15 is 0 Å². The van der Waals surface area contributed by atoms with Crippen molar-refractivity contribution in [2.75, 3.05) is 30.6 Å². The third-order valence-electron chi connectivity index (χ3n) is 4.01. The summed E-state index contributed by atoms with van der Waals surface area (Å²) in [6.45, 7) is 4.61. The van der Waals surface area contributed by atoms with Crippen molar-refractivity contribution in [3.63, 3.8) is 0 Å². The van der Waals surface area contributed by atoms with Crippen molar-refractivity contribution in [2.24, 2.45) is 0 Å². The zero-order chi connectivity index (χ0) is 20.6. The molecule has 0 fully saturated rings. The molecule has 0 aliphatic rings. The molecule has 0 bridgehead atoms. The van der Waals surface area contributed by atoms with Crippen LogP contribution >= 0.6 is 0 Å². The Morgan fingerprint density at radius 1 is 1.14 bits per heavy atom. The highest BCUT2D eigenvalue weighted by Crippen LogP contribution is 2.26. The van der Waals surface area contributed by atoms with Gasteiger partial charge in [0.15, 0.2) is 0 Å². The number of para-hydroxylation sites is 1. The van der Waals surface area contributed by atoms with Gasteiger partial charge in [-0.2, -0.15) is 0 Å². The highest BCUT2D eigenvalue weighted by Gasteiger charge is 2.28. The molecule has 0 radical (unpaired) electrons. The van der Waals surface area contributed by atoms with Gasteiger partial charge in [-0.15, -0.1) is 0 Å². The topological polar surface area (TPSA) is 75.7 Å². The van der Waals surface area contributed by atoms with Crippen molar-refractivity contribution in [1.82, 2.24) is 5.32 Å². The second kappa shape index (κ2) is 10.2. The van der Waals surface area contributed by atoms with Crippen LogP contribution in [-0.2, 0) is 19.6 Å². The standard InChI is InChI=1S/C20H25FN2O4S/c1-3-27-14-6-13-22-20(24)15-23(19-8-5-4-7-18(19)21)28(25,26)17-11-9-16(2)10-12-17/h4-5,7-12H,3,6,13-15H2,1-2H3,(H,22,24). The van der Waals surface area contributed by atoms with Crippen LogP contribution in [0.5, 0.6) is 0 Å². The Morgan fingerprint density at radius 3 is 2.46 bits per heavy atom. The number of hydrogen-bond acceptors (Lipinski definition) is 4. The highest BCUT2D eigenvalue weighted by molar-refractivity contribution is 7.92. The molecular formula is C20H25FN2O4S. The first-order valence-electron chi connectivity index (χ1n) is 9.04. The highest BCUT2D eigenvalue weighted by atomic mass is 32.2. The fourth-order valence-electron chi connectivity index (χ4n) is 2.52. The second-order valence-corrected chi connectivity index (χ2v) is 8.04. The first-order valence-corrected chi connectivity index (χ1v) is 10.5. The lowest BCUT2D eigenvalue weighted by atomic mass is 10.2. The molecule has 0 aliphatic carbocycles. The molecule has 0 spiro atoms. The molecule has 0 unspecified atom stereocenters. The monoisotopic (exact) mass is 408 g/mol. The van der Waals surface area contributed by atoms with Gasteiger partial charge in [-0.1, -0.05) is 29.8 Å². The van der Waals surface area contributed by atoms with Crippen LogP contribution in [0.15, 0.2) is 53.4 Å². The lowest BCUT2D eigenvalue weighted by Crippen LogP contribution is -2.41. The number of halogens is 1. The first kappa shape index (κ1) is 21.8. The van der Waals surface area contributed by atoms with Gasteiger partial charge in [-0.3, -0.25) is 9.10 Å². The van der Waals surface area contributed by atoms with Gasteiger partial charge in [0.1, 0.15) is 12.4 Å². The number of nitrogens with one attached hydrogen (secondary N) is 1. The molecule has 2 aromatic carbocycles. The number of sulfonamides is 1. The zero-order valence-electron chi connectivity index (χ0n) is 16.0. The van der Waals surface area contributed by atoms with E-state index in [1.165, 1.54) is 30.3 Å². The van der Waals surface area contributed by atoms with E-state index in [9.17, 15) is 17.6 Å². The molecule has 28 heavy (non-hydrogen) atoms. The molecule has 6 nitrogen and oxygen atoms in total. The van der Waals surface area contributed by atoms with Crippen molar-refractivity contribution in [3.05, 3.63) is 59.9 Å². The van der Waals surface area contributed by atoms with E-state index in [0.717, 1.165) is 15.9 Å². The summed E-state index contributed by atoms with van der Waals surface area (Å²) in [7, 11) is -4.12. The molecule has 8 heteroatoms. The third-order valence-corrected chi connectivity index (χ3v) is 5.78. The summed E-state index contributed by atoms with van der Waals surface area (Å²) in [6.07, 6.45) is 0.601. The van der Waals surface area contributed by atoms with Crippen LogP contribution in [0, 0.1) is 12.7 Å². The van der Waals surface area contributed by atoms with Crippen LogP contribution < -0.4 is 9.62 Å². The number of benzene rings is 2. The number of nitrogens with zero attached hydrogens (tertiary/aromatic N) is 1. The molecule has 2 aromatic rings. The third kappa shape index (κ3) is 5.77. The lowest BCUT2D eigenvalue weighted by molar-refractivity contribution is -0.119. The Labute approximate surface area is 165 Å². The van der Waals surface area contributed by atoms with E-state index in [-0.39, 0.29) is 10.6 Å². The summed E-state index contributed by atoms with van der Waals surface area (Å²) >= 11 is 0. The minimum absolute atomic E-state index is 0.00880. The summed E-state index contributed by atoms with van der Waals surface area (Å²) in [5.41, 5.74) is 0.718. The minimum Gasteiger partial charge on any atom is -0.382 e. The Balaban J connectivity index is 2.24. The van der Waals surface area contributed by atoms with Crippen molar-refractivity contribution < 1.29 is 22.3 Å². The van der Waals surface area contributed by atoms with Gasteiger partial charge in [-0.05, 0) is 44.5 Å². The van der Waals surface area contributed by atoms with Gasteiger partial charge in [0.05, 0.1) is 10.6 Å². The van der Waals surface area contributed by atoms with Crippen LogP contribution in [0.1, 0.15) is 18.9 Å². The van der Waals surface area contributed by atoms with E-state index in [1.807, 2.05) is 13.8 Å². The summed E-state index contributed by atoms with van der Waals surface area (Å²) in [5, 5.41) is 2.65. The quantitative estimate of drug-likeness (QED) is 0.614. The van der Waals surface area contributed by atoms with Crippen molar-refractivity contribution >= 4 is 21.6 Å². The summed E-state index contributed by atoms with van der Waals surface area (Å²) in [6, 6.07) is 11.7. The number of anilines is 1. The SMILES string of the molecule is CCOCCCNC(=O)CN(c1ccccc1F)S(=O)(=O)c1ccc(C)cc1. The van der Waals surface area contributed by atoms with Crippen molar-refractivity contribution in [2.45, 2.75) is 25.2 Å². The molecule has 1 amide bonds. The number of carbonyl (C=O) groups excluding carboxylic acids is 1. The fourth-order valence-corrected chi connectivity index (χ4v) is 3.95. The van der Waals surface area contributed by atoms with Gasteiger partial charge in [-0.25, -0.2) is 12.8 Å². The van der Waals surface area contributed by atoms with Gasteiger partial charge in [0, 0.05) is 19.8 Å². The lowest BCUT2D eigenvalue weighted by Gasteiger charge is -2.24. The Morgan fingerprint density at radius 2 is 1.82 bits per heavy atom. The molecule has 0 aliphatic heterocycles. The maximum absolute atomic E-state index is 14.3. The second-order valence-electron chi connectivity index (χ2n) is 6.18. The predicted octanol–water partition coefficient (Wildman–Crippen LogP) is 2.87. The summed E-state index contributed by atoms with van der Waals surface area (Å²) in [5.74, 6) is -1.24. The number of aryl methyl sites for hydroxylation is 1. The molecule has 1 N–H and O–H groups in total. The van der Waals surface area contributed by atoms with Gasteiger partial charge in [0.25, 0.3) is 10.0 Å². The Hall–Kier alpha value is -2.45. The van der Waals surface area contributed by atoms with Crippen LogP contribution in [0.2, 0.25) is 0 Å². The van der Waals surface area contributed by atoms with E-state index in [1.54, 1.807) is 12.1 Å². The number of rotatable bonds is 10. The molecule has 0 saturated carbocycles. The molecule has 0 saturated heterocycles. The number of amides is 1. The van der Waals surface area contributed by atoms with Gasteiger partial charge < -0.3 is 10.1 Å². The van der Waals surface area contributed by atoms with E-state index in [4.69, 9.17) is 4.74 Å². The van der Waals surface area contributed by atoms with E-state index in [2.05, 4.69) is 5.32 Å². The van der Waals surface area contributed by atoms with Gasteiger partial charge >= 0.3 is 0 Å². The predicted molar refractivity (Wildman–Crippen MR) is 106 cm³/mol. The smallest absolute Gasteiger partial charge is 0.264 e. The first-order chi connectivity index (χ1) is 13.4. The molecule has 0 heterocycles. The van der Waals surface area contributed by atoms with Gasteiger partial charge in [0.2, 0.25) is 5.91 Å². The van der Waals surface area contributed by atoms with Crippen LogP contribution in [-0.4, -0.2) is 40.6 Å². The van der Waals surface area contributed by atoms with E-state index in [0.29, 0.717) is 26.2 Å². The summed E-state index contributed by atoms with van der Waals surface area (Å²) < 4.78 is 46.5. The molecule has 0 aromatic heterocycles. The average Bonchev–Trinajstić information content (AvgIpc) is 2.67. The maximum Gasteiger partial charge on any atom is 0.264 e.